The number of hydrogen-bond acceptors (Lipinski definition) is 34. The smallest absolute Gasteiger partial charge is 0.472 e. The van der Waals surface area contributed by atoms with Crippen molar-refractivity contribution < 1.29 is 112 Å². The van der Waals surface area contributed by atoms with Crippen molar-refractivity contribution in [3.8, 4) is 5.75 Å². The van der Waals surface area contributed by atoms with Crippen LogP contribution in [0.25, 0.3) is 33.5 Å². The lowest BCUT2D eigenvalue weighted by molar-refractivity contribution is -0.0672. The van der Waals surface area contributed by atoms with Gasteiger partial charge in [-0.1, -0.05) is 0 Å². The van der Waals surface area contributed by atoms with E-state index in [0.717, 1.165) is 39.4 Å². The maximum atomic E-state index is 14.5. The average Bonchev–Trinajstić information content (AvgIpc) is 1.63. The number of fused-ring (bicyclic) bond motifs is 9. The zero-order valence-corrected chi connectivity index (χ0v) is 52.1. The predicted molar refractivity (Wildman–Crippen MR) is 303 cm³/mol. The van der Waals surface area contributed by atoms with Crippen LogP contribution in [0.5, 0.6) is 5.75 Å². The second-order valence-corrected chi connectivity index (χ2v) is 26.5. The summed E-state index contributed by atoms with van der Waals surface area (Å²) in [7, 11) is -18.2. The largest absolute Gasteiger partial charge is 0.476 e. The second-order valence-electron chi connectivity index (χ2n) is 20.9. The molecule has 49 heteroatoms. The van der Waals surface area contributed by atoms with Gasteiger partial charge < -0.3 is 74.7 Å². The number of H-pyrrole nitrogens is 3. The Morgan fingerprint density at radius 3 is 1.74 bits per heavy atom. The molecule has 0 spiro atoms. The molecule has 4 bridgehead atoms. The Kier molecular flexibility index (Phi) is 18.2. The summed E-state index contributed by atoms with van der Waals surface area (Å²) in [4.78, 5) is 134. The van der Waals surface area contributed by atoms with E-state index in [2.05, 4.69) is 49.8 Å². The summed E-state index contributed by atoms with van der Waals surface area (Å²) in [5.41, 5.74) is 13.3. The van der Waals surface area contributed by atoms with E-state index in [1.54, 1.807) is 0 Å². The fourth-order valence-corrected chi connectivity index (χ4v) is 15.1. The number of nitrogens with zero attached hydrogens (tertiary/aromatic N) is 11. The molecular weight excluding hydrogens is 1340 g/mol. The number of nitrogens with two attached hydrogens (primary N) is 3. The summed E-state index contributed by atoms with van der Waals surface area (Å²) in [6.07, 6.45) is -20.7. The first-order valence-corrected chi connectivity index (χ1v) is 33.3. The molecule has 0 amide bonds. The van der Waals surface area contributed by atoms with Gasteiger partial charge in [0.1, 0.15) is 72.9 Å². The lowest BCUT2D eigenvalue weighted by Gasteiger charge is -2.29. The van der Waals surface area contributed by atoms with Crippen molar-refractivity contribution in [1.82, 2.24) is 68.1 Å². The van der Waals surface area contributed by atoms with Crippen molar-refractivity contribution in [1.29, 1.82) is 0 Å². The molecule has 4 saturated heterocycles. The van der Waals surface area contributed by atoms with Crippen molar-refractivity contribution in [3.05, 3.63) is 73.1 Å². The van der Waals surface area contributed by atoms with Gasteiger partial charge in [0.25, 0.3) is 16.7 Å². The number of aromatic amines is 3. The summed E-state index contributed by atoms with van der Waals surface area (Å²) in [6, 6.07) is 0. The number of rotatable bonds is 20. The average molecular weight is 1400 g/mol. The van der Waals surface area contributed by atoms with Crippen molar-refractivity contribution >= 4 is 82.5 Å². The number of hydrogen-bond donors (Lipinski definition) is 10. The van der Waals surface area contributed by atoms with Crippen LogP contribution in [0.4, 0.5) is 17.7 Å². The molecule has 93 heavy (non-hydrogen) atoms. The Morgan fingerprint density at radius 2 is 1.13 bits per heavy atom. The summed E-state index contributed by atoms with van der Waals surface area (Å²) < 4.78 is 152. The maximum absolute atomic E-state index is 14.5. The van der Waals surface area contributed by atoms with E-state index >= 15 is 0 Å². The molecule has 5 aliphatic heterocycles. The van der Waals surface area contributed by atoms with Gasteiger partial charge in [-0.25, -0.2) is 48.0 Å². The zero-order valence-electron chi connectivity index (χ0n) is 48.5. The SMILES string of the molecule is CCOP(=O)(O)OC1[C@@H](COP(=O)(O)OC2C(OC)[C@H]3O[C@@H]2COP(=O)(O)OC2C(Oc4cn3c(=O)[nH]c4=O)[C@H](n3cnc4c(N)ncnc43)O[C@@H]2COP(=O)(O)OC2[C@@H](C)O[C@@H](n3cnc4c(=O)[nH]c(N)nc43)[C@H]2OC)O[C@@H](n2cnc3c(=O)[nH]c(N)nc32)[C@H]1OC. The maximum Gasteiger partial charge on any atom is 0.472 e. The standard InChI is InChI=1S/C44H57N17O28P4/c1-6-77-90(66,67)87-25-18(84-40(29(25)76-5)61-14-52-22-34(61)54-43(47)56-37(22)64)9-79-92(70,71)88-24-17-8-80-93(72,73)89-26-19(10-78-91(68,69)86-23-15(2)81-39(27(23)74-3)60-13-51-21-33(60)53-42(46)55-36(21)63)85-41(59-12-50-20-31(45)48-11-49-32(20)59)30(26)82-16-7-58(44(65)57-35(16)62)38(83-17)28(24)75-4/h7,11-15,17-19,23-30,38-41H,6,8-10H2,1-5H3,(H,66,67)(H,68,69)(H,70,71)(H,72,73)(H2,45,48,49)(H,57,62,65)(H3,46,53,55,63)(H3,47,54,56,64)/t15-,17-,18-,19-,23?,24?,25?,26?,27+,28?,29+,30?,38-,39-,40-,41-/m1/s1. The second kappa shape index (κ2) is 25.5. The van der Waals surface area contributed by atoms with Gasteiger partial charge >= 0.3 is 37.0 Å². The normalized spacial score (nSPS) is 32.6. The van der Waals surface area contributed by atoms with Crippen LogP contribution in [0.15, 0.2) is 50.7 Å². The van der Waals surface area contributed by atoms with Gasteiger partial charge in [0.2, 0.25) is 17.6 Å². The van der Waals surface area contributed by atoms with Crippen LogP contribution >= 0.6 is 31.3 Å². The van der Waals surface area contributed by atoms with Gasteiger partial charge in [0.15, 0.2) is 64.8 Å². The molecule has 7 aromatic heterocycles. The molecule has 20 atom stereocenters. The summed E-state index contributed by atoms with van der Waals surface area (Å²) in [5.74, 6) is -1.49. The molecule has 45 nitrogen and oxygen atoms in total. The molecule has 0 radical (unpaired) electrons. The van der Waals surface area contributed by atoms with Crippen LogP contribution in [-0.2, 0) is 87.6 Å². The van der Waals surface area contributed by atoms with Crippen LogP contribution in [0.3, 0.4) is 0 Å². The van der Waals surface area contributed by atoms with Crippen LogP contribution < -0.4 is 44.3 Å². The van der Waals surface area contributed by atoms with Crippen LogP contribution in [-0.4, -0.2) is 209 Å². The molecule has 12 heterocycles. The lowest BCUT2D eigenvalue weighted by Crippen LogP contribution is -2.43. The fraction of sp³-hybridized carbons (Fsp3) is 0.568. The zero-order chi connectivity index (χ0) is 66.4. The quantitative estimate of drug-likeness (QED) is 0.0363. The first-order valence-electron chi connectivity index (χ1n) is 27.3. The van der Waals surface area contributed by atoms with E-state index in [4.69, 9.17) is 91.3 Å². The molecule has 13 N–H and O–H groups in total. The number of methoxy groups -OCH3 is 3. The molecule has 0 aliphatic carbocycles. The Labute approximate surface area is 516 Å². The van der Waals surface area contributed by atoms with Crippen LogP contribution in [0.1, 0.15) is 38.8 Å². The molecule has 10 unspecified atom stereocenters. The third-order valence-electron chi connectivity index (χ3n) is 15.2. The first kappa shape index (κ1) is 66.3. The molecule has 506 valence electrons. The highest BCUT2D eigenvalue weighted by Gasteiger charge is 2.57. The number of nitrogen functional groups attached to an aromatic ring is 3. The Hall–Kier alpha value is -6.71. The number of ether oxygens (including phenoxy) is 8. The van der Waals surface area contributed by atoms with E-state index < -0.39 is 177 Å². The minimum atomic E-state index is -5.69. The van der Waals surface area contributed by atoms with Crippen LogP contribution in [0, 0.1) is 0 Å². The van der Waals surface area contributed by atoms with E-state index in [9.17, 15) is 57.0 Å². The first-order chi connectivity index (χ1) is 44.1. The van der Waals surface area contributed by atoms with Gasteiger partial charge in [0.05, 0.1) is 57.7 Å². The number of imidazole rings is 3. The summed E-state index contributed by atoms with van der Waals surface area (Å²) >= 11 is 0. The number of phosphoric acid groups is 4. The van der Waals surface area contributed by atoms with Crippen molar-refractivity contribution in [2.45, 2.75) is 112 Å². The Balaban J connectivity index is 0.831. The molecule has 12 rings (SSSR count). The topological polar surface area (TPSA) is 601 Å². The Morgan fingerprint density at radius 1 is 0.613 bits per heavy atom. The van der Waals surface area contributed by atoms with Crippen LogP contribution in [0.2, 0.25) is 0 Å². The van der Waals surface area contributed by atoms with E-state index in [0.29, 0.717) is 4.57 Å². The van der Waals surface area contributed by atoms with Gasteiger partial charge in [-0.3, -0.25) is 83.8 Å². The number of nitrogens with one attached hydrogen (secondary N) is 3. The summed E-state index contributed by atoms with van der Waals surface area (Å²) in [6.45, 7) is -0.762. The highest BCUT2D eigenvalue weighted by Crippen LogP contribution is 2.56. The minimum Gasteiger partial charge on any atom is -0.476 e. The van der Waals surface area contributed by atoms with Crippen molar-refractivity contribution in [2.24, 2.45) is 0 Å². The van der Waals surface area contributed by atoms with Crippen molar-refractivity contribution in [2.75, 3.05) is 65.0 Å². The highest BCUT2D eigenvalue weighted by atomic mass is 31.2. The number of aromatic nitrogens is 14. The predicted octanol–water partition coefficient (Wildman–Crippen LogP) is -2.17. The minimum absolute atomic E-state index is 0.00169. The fourth-order valence-electron chi connectivity index (χ4n) is 11.2. The van der Waals surface area contributed by atoms with E-state index in [1.165, 1.54) is 41.0 Å². The van der Waals surface area contributed by atoms with Gasteiger partial charge in [-0.15, -0.1) is 0 Å². The summed E-state index contributed by atoms with van der Waals surface area (Å²) in [5, 5.41) is 0. The molecule has 5 aliphatic rings. The van der Waals surface area contributed by atoms with Gasteiger partial charge in [0, 0.05) is 21.3 Å². The third-order valence-corrected chi connectivity index (χ3v) is 19.2. The number of anilines is 3. The van der Waals surface area contributed by atoms with E-state index in [1.807, 2.05) is 0 Å². The van der Waals surface area contributed by atoms with Gasteiger partial charge in [-0.2, -0.15) is 9.97 Å². The molecule has 0 saturated carbocycles. The monoisotopic (exact) mass is 1400 g/mol. The van der Waals surface area contributed by atoms with Crippen molar-refractivity contribution in [3.63, 3.8) is 0 Å². The van der Waals surface area contributed by atoms with E-state index in [-0.39, 0.29) is 57.8 Å². The van der Waals surface area contributed by atoms with Gasteiger partial charge in [-0.05, 0) is 13.8 Å². The molecular formula is C44H57N17O28P4. The molecule has 7 aromatic rings. The number of phosphoric ester groups is 4. The Bertz CT molecular complexity index is 4430. The third kappa shape index (κ3) is 12.9. The molecule has 0 aromatic carbocycles. The lowest BCUT2D eigenvalue weighted by atomic mass is 10.1. The highest BCUT2D eigenvalue weighted by molar-refractivity contribution is 7.48. The molecule has 4 fully saturated rings.